The minimum atomic E-state index is -0.247. The number of nitrogens with zero attached hydrogens (tertiary/aromatic N) is 3. The van der Waals surface area contributed by atoms with Crippen molar-refractivity contribution in [1.29, 1.82) is 0 Å². The fourth-order valence-corrected chi connectivity index (χ4v) is 3.70. The number of nitrogens with two attached hydrogens (primary N) is 1. The maximum absolute atomic E-state index is 9.86. The van der Waals surface area contributed by atoms with Gasteiger partial charge >= 0.3 is 5.88 Å². The summed E-state index contributed by atoms with van der Waals surface area (Å²) < 4.78 is 13.7. The van der Waals surface area contributed by atoms with E-state index in [1.54, 1.807) is 24.7 Å². The van der Waals surface area contributed by atoms with Gasteiger partial charge in [0.05, 0.1) is 18.7 Å². The van der Waals surface area contributed by atoms with E-state index >= 15 is 0 Å². The Labute approximate surface area is 164 Å². The molecule has 1 aliphatic heterocycles. The van der Waals surface area contributed by atoms with Gasteiger partial charge in [-0.25, -0.2) is 4.57 Å². The number of benzene rings is 1. The van der Waals surface area contributed by atoms with Crippen LogP contribution in [0.1, 0.15) is 36.7 Å². The normalized spacial score (nSPS) is 15.2. The van der Waals surface area contributed by atoms with E-state index in [1.165, 1.54) is 0 Å². The molecule has 1 aromatic carbocycles. The summed E-state index contributed by atoms with van der Waals surface area (Å²) in [4.78, 5) is 6.86. The van der Waals surface area contributed by atoms with Crippen molar-refractivity contribution in [1.82, 2.24) is 9.88 Å². The first kappa shape index (κ1) is 18.3. The first-order chi connectivity index (χ1) is 13.6. The van der Waals surface area contributed by atoms with E-state index in [0.717, 1.165) is 43.1 Å². The van der Waals surface area contributed by atoms with Gasteiger partial charge in [-0.3, -0.25) is 0 Å². The van der Waals surface area contributed by atoms with E-state index in [-0.39, 0.29) is 11.7 Å². The molecule has 0 saturated heterocycles. The number of hydrogen-bond acceptors (Lipinski definition) is 6. The van der Waals surface area contributed by atoms with Crippen LogP contribution in [0.4, 0.5) is 5.82 Å². The van der Waals surface area contributed by atoms with E-state index in [9.17, 15) is 5.11 Å². The first-order valence-electron chi connectivity index (χ1n) is 9.56. The van der Waals surface area contributed by atoms with Crippen LogP contribution in [0.25, 0.3) is 0 Å². The first-order valence-corrected chi connectivity index (χ1v) is 9.56. The number of phenols is 1. The van der Waals surface area contributed by atoms with Gasteiger partial charge in [0.25, 0.3) is 0 Å². The molecule has 0 bridgehead atoms. The van der Waals surface area contributed by atoms with Crippen LogP contribution in [0.2, 0.25) is 0 Å². The van der Waals surface area contributed by atoms with Crippen molar-refractivity contribution in [2.45, 2.75) is 26.3 Å². The second-order valence-corrected chi connectivity index (χ2v) is 6.84. The summed E-state index contributed by atoms with van der Waals surface area (Å²) >= 11 is 0. The van der Waals surface area contributed by atoms with Crippen molar-refractivity contribution in [2.75, 3.05) is 25.4 Å². The topological polar surface area (TPSA) is 88.6 Å². The van der Waals surface area contributed by atoms with Crippen LogP contribution in [0, 0.1) is 0 Å². The quantitative estimate of drug-likeness (QED) is 0.499. The number of aromatic hydroxyl groups is 1. The molecule has 0 spiro atoms. The fraction of sp³-hybridized carbons (Fsp3) is 0.333. The highest BCUT2D eigenvalue weighted by Gasteiger charge is 2.37. The number of aromatic nitrogens is 2. The van der Waals surface area contributed by atoms with Gasteiger partial charge in [-0.2, -0.15) is 0 Å². The standard InChI is InChI=1S/C21H24N4O3/c1-3-24(4-2)9-10-25-13-23-21-19(20(25)22)18(16-6-5-11-27-16)15-8-7-14(26)12-17(15)28-21/h5-8,11-13,18,22,26H,3-4,9-10H2,1-2H3/p+1/t18-/m0/s1. The van der Waals surface area contributed by atoms with Gasteiger partial charge in [0, 0.05) is 18.2 Å². The minimum Gasteiger partial charge on any atom is -0.508 e. The van der Waals surface area contributed by atoms with E-state index in [1.807, 2.05) is 22.8 Å². The number of anilines is 1. The van der Waals surface area contributed by atoms with E-state index in [2.05, 4.69) is 23.7 Å². The summed E-state index contributed by atoms with van der Waals surface area (Å²) in [5.41, 5.74) is 8.26. The van der Waals surface area contributed by atoms with E-state index in [0.29, 0.717) is 17.4 Å². The molecular weight excluding hydrogens is 356 g/mol. The highest BCUT2D eigenvalue weighted by Crippen LogP contribution is 2.48. The van der Waals surface area contributed by atoms with Crippen LogP contribution >= 0.6 is 0 Å². The SMILES string of the molecule is CCN(CC)CC[n+]1cnc2c(c1N)[C@H](c1ccco1)c1ccc(O)cc1O2. The summed E-state index contributed by atoms with van der Waals surface area (Å²) in [7, 11) is 0. The Morgan fingerprint density at radius 2 is 2.07 bits per heavy atom. The Morgan fingerprint density at radius 1 is 1.25 bits per heavy atom. The Hall–Kier alpha value is -3.06. The predicted molar refractivity (Wildman–Crippen MR) is 104 cm³/mol. The average Bonchev–Trinajstić information content (AvgIpc) is 3.23. The highest BCUT2D eigenvalue weighted by molar-refractivity contribution is 5.60. The van der Waals surface area contributed by atoms with E-state index < -0.39 is 0 Å². The highest BCUT2D eigenvalue weighted by atomic mass is 16.5. The molecule has 28 heavy (non-hydrogen) atoms. The van der Waals surface area contributed by atoms with Crippen molar-refractivity contribution in [3.63, 3.8) is 0 Å². The molecule has 0 aliphatic carbocycles. The number of nitrogen functional groups attached to an aromatic ring is 1. The van der Waals surface area contributed by atoms with Crippen LogP contribution in [0.5, 0.6) is 17.4 Å². The zero-order chi connectivity index (χ0) is 19.7. The zero-order valence-corrected chi connectivity index (χ0v) is 16.1. The second-order valence-electron chi connectivity index (χ2n) is 6.84. The number of fused-ring (bicyclic) bond motifs is 2. The van der Waals surface area contributed by atoms with Gasteiger partial charge in [-0.15, -0.1) is 0 Å². The Balaban J connectivity index is 1.79. The van der Waals surface area contributed by atoms with Crippen LogP contribution in [0.15, 0.2) is 47.3 Å². The van der Waals surface area contributed by atoms with Crippen molar-refractivity contribution in [3.05, 3.63) is 59.8 Å². The van der Waals surface area contributed by atoms with Crippen molar-refractivity contribution in [2.24, 2.45) is 0 Å². The molecule has 3 N–H and O–H groups in total. The lowest BCUT2D eigenvalue weighted by molar-refractivity contribution is -0.685. The van der Waals surface area contributed by atoms with Crippen LogP contribution in [0.3, 0.4) is 0 Å². The van der Waals surface area contributed by atoms with Gasteiger partial charge in [0.1, 0.15) is 22.8 Å². The molecule has 0 unspecified atom stereocenters. The summed E-state index contributed by atoms with van der Waals surface area (Å²) in [5, 5.41) is 9.86. The molecule has 1 atom stereocenters. The molecule has 0 fully saturated rings. The molecule has 2 aromatic heterocycles. The Morgan fingerprint density at radius 3 is 2.79 bits per heavy atom. The average molecular weight is 381 g/mol. The predicted octanol–water partition coefficient (Wildman–Crippen LogP) is 2.88. The number of phenolic OH excluding ortho intramolecular Hbond substituents is 1. The lowest BCUT2D eigenvalue weighted by atomic mass is 9.87. The molecule has 1 aliphatic rings. The Kier molecular flexibility index (Phi) is 4.92. The van der Waals surface area contributed by atoms with Crippen LogP contribution < -0.4 is 15.0 Å². The maximum atomic E-state index is 9.86. The second kappa shape index (κ2) is 7.52. The molecule has 4 rings (SSSR count). The lowest BCUT2D eigenvalue weighted by Gasteiger charge is -2.26. The fourth-order valence-electron chi connectivity index (χ4n) is 3.70. The third kappa shape index (κ3) is 3.18. The minimum absolute atomic E-state index is 0.138. The molecular formula is C21H25N4O3+. The van der Waals surface area contributed by atoms with Crippen molar-refractivity contribution >= 4 is 5.82 Å². The van der Waals surface area contributed by atoms with E-state index in [4.69, 9.17) is 14.9 Å². The van der Waals surface area contributed by atoms with Crippen LogP contribution in [-0.4, -0.2) is 34.6 Å². The number of likely N-dealkylation sites (N-methyl/N-ethyl adjacent to an activating group) is 1. The number of ether oxygens (including phenoxy) is 1. The maximum Gasteiger partial charge on any atom is 0.306 e. The van der Waals surface area contributed by atoms with Crippen molar-refractivity contribution in [3.8, 4) is 17.4 Å². The summed E-state index contributed by atoms with van der Waals surface area (Å²) in [6.45, 7) is 7.90. The third-order valence-corrected chi connectivity index (χ3v) is 5.31. The molecule has 7 nitrogen and oxygen atoms in total. The number of furan rings is 1. The lowest BCUT2D eigenvalue weighted by Crippen LogP contribution is -2.44. The van der Waals surface area contributed by atoms with Crippen molar-refractivity contribution < 1.29 is 18.8 Å². The molecule has 0 radical (unpaired) electrons. The number of hydrogen-bond donors (Lipinski definition) is 2. The molecule has 7 heteroatoms. The summed E-state index contributed by atoms with van der Waals surface area (Å²) in [6.07, 6.45) is 3.36. The monoisotopic (exact) mass is 381 g/mol. The Bertz CT molecular complexity index is 968. The molecule has 0 amide bonds. The molecule has 146 valence electrons. The summed E-state index contributed by atoms with van der Waals surface area (Å²) in [6, 6.07) is 8.85. The van der Waals surface area contributed by atoms with Crippen LogP contribution in [-0.2, 0) is 6.54 Å². The third-order valence-electron chi connectivity index (χ3n) is 5.31. The van der Waals surface area contributed by atoms with Gasteiger partial charge in [0.2, 0.25) is 12.1 Å². The molecule has 3 heterocycles. The summed E-state index contributed by atoms with van der Waals surface area (Å²) in [5.74, 6) is 2.25. The van der Waals surface area contributed by atoms with Gasteiger partial charge in [-0.05, 0) is 31.3 Å². The zero-order valence-electron chi connectivity index (χ0n) is 16.1. The van der Waals surface area contributed by atoms with Gasteiger partial charge in [0.15, 0.2) is 0 Å². The van der Waals surface area contributed by atoms with Gasteiger partial charge < -0.3 is 24.9 Å². The smallest absolute Gasteiger partial charge is 0.306 e. The molecule has 0 saturated carbocycles. The molecule has 3 aromatic rings. The van der Waals surface area contributed by atoms with Gasteiger partial charge in [-0.1, -0.05) is 24.9 Å². The largest absolute Gasteiger partial charge is 0.508 e. The number of rotatable bonds is 6.